The minimum atomic E-state index is 0.488. The van der Waals surface area contributed by atoms with Crippen molar-refractivity contribution in [2.75, 3.05) is 5.32 Å². The maximum Gasteiger partial charge on any atom is 0.143 e. The Morgan fingerprint density at radius 1 is 0.857 bits per heavy atom. The SMILES string of the molecule is CC1(C2C=CC(Nc3ccc(-c4cccc5c4oc4ccccc45)cc3)=CC2)C[C@@H]2CC[C@H](C2)C1. The van der Waals surface area contributed by atoms with Crippen molar-refractivity contribution in [2.24, 2.45) is 23.2 Å². The maximum absolute atomic E-state index is 6.24. The third kappa shape index (κ3) is 3.71. The molecule has 7 rings (SSSR count). The molecular formula is C33H33NO. The van der Waals surface area contributed by atoms with E-state index in [2.05, 4.69) is 85.1 Å². The topological polar surface area (TPSA) is 25.2 Å². The molecule has 1 unspecified atom stereocenters. The molecular weight excluding hydrogens is 426 g/mol. The summed E-state index contributed by atoms with van der Waals surface area (Å²) in [7, 11) is 0. The van der Waals surface area contributed by atoms with Gasteiger partial charge in [-0.2, -0.15) is 0 Å². The number of anilines is 1. The van der Waals surface area contributed by atoms with E-state index in [1.165, 1.54) is 54.1 Å². The number of hydrogen-bond donors (Lipinski definition) is 1. The largest absolute Gasteiger partial charge is 0.455 e. The van der Waals surface area contributed by atoms with Crippen LogP contribution in [0.5, 0.6) is 0 Å². The monoisotopic (exact) mass is 459 g/mol. The predicted molar refractivity (Wildman–Crippen MR) is 146 cm³/mol. The number of furan rings is 1. The van der Waals surface area contributed by atoms with Crippen molar-refractivity contribution in [3.05, 3.63) is 90.7 Å². The maximum atomic E-state index is 6.24. The van der Waals surface area contributed by atoms with Crippen LogP contribution in [0.25, 0.3) is 33.1 Å². The second kappa shape index (κ2) is 8.16. The number of allylic oxidation sites excluding steroid dienone is 3. The van der Waals surface area contributed by atoms with Gasteiger partial charge in [-0.05, 0) is 78.7 Å². The average Bonchev–Trinajstić information content (AvgIpc) is 3.44. The molecule has 0 saturated heterocycles. The summed E-state index contributed by atoms with van der Waals surface area (Å²) in [6.45, 7) is 2.56. The van der Waals surface area contributed by atoms with E-state index in [-0.39, 0.29) is 0 Å². The summed E-state index contributed by atoms with van der Waals surface area (Å²) >= 11 is 0. The summed E-state index contributed by atoms with van der Waals surface area (Å²) in [5.74, 6) is 2.65. The number of benzene rings is 3. The minimum absolute atomic E-state index is 0.488. The molecule has 176 valence electrons. The zero-order valence-corrected chi connectivity index (χ0v) is 20.5. The second-order valence-electron chi connectivity index (χ2n) is 11.5. The van der Waals surface area contributed by atoms with Gasteiger partial charge in [-0.1, -0.05) is 80.4 Å². The molecule has 1 heterocycles. The van der Waals surface area contributed by atoms with E-state index < -0.39 is 0 Å². The predicted octanol–water partition coefficient (Wildman–Crippen LogP) is 9.34. The van der Waals surface area contributed by atoms with Crippen molar-refractivity contribution in [3.63, 3.8) is 0 Å². The van der Waals surface area contributed by atoms with E-state index in [4.69, 9.17) is 4.42 Å². The summed E-state index contributed by atoms with van der Waals surface area (Å²) in [4.78, 5) is 0. The lowest BCUT2D eigenvalue weighted by Gasteiger charge is -2.43. The quantitative estimate of drug-likeness (QED) is 0.329. The van der Waals surface area contributed by atoms with Gasteiger partial charge in [-0.15, -0.1) is 0 Å². The van der Waals surface area contributed by atoms with Gasteiger partial charge in [0.15, 0.2) is 0 Å². The summed E-state index contributed by atoms with van der Waals surface area (Å²) < 4.78 is 6.24. The number of fused-ring (bicyclic) bond motifs is 5. The highest BCUT2D eigenvalue weighted by molar-refractivity contribution is 6.09. The zero-order chi connectivity index (χ0) is 23.4. The number of hydrogen-bond acceptors (Lipinski definition) is 2. The van der Waals surface area contributed by atoms with Gasteiger partial charge in [0.25, 0.3) is 0 Å². The summed E-state index contributed by atoms with van der Waals surface area (Å²) in [6.07, 6.45) is 15.7. The van der Waals surface area contributed by atoms with Crippen LogP contribution in [-0.2, 0) is 0 Å². The van der Waals surface area contributed by atoms with Gasteiger partial charge in [-0.25, -0.2) is 0 Å². The fraction of sp³-hybridized carbons (Fsp3) is 0.333. The molecule has 3 aromatic carbocycles. The van der Waals surface area contributed by atoms with Gasteiger partial charge < -0.3 is 9.73 Å². The fourth-order valence-electron chi connectivity index (χ4n) is 7.36. The molecule has 0 spiro atoms. The Bertz CT molecular complexity index is 1440. The van der Waals surface area contributed by atoms with Crippen molar-refractivity contribution in [1.29, 1.82) is 0 Å². The Balaban J connectivity index is 1.08. The van der Waals surface area contributed by atoms with Crippen molar-refractivity contribution < 1.29 is 4.42 Å². The molecule has 35 heavy (non-hydrogen) atoms. The molecule has 2 bridgehead atoms. The van der Waals surface area contributed by atoms with Gasteiger partial charge in [0.1, 0.15) is 11.2 Å². The third-order valence-corrected chi connectivity index (χ3v) is 9.04. The van der Waals surface area contributed by atoms with Gasteiger partial charge in [-0.3, -0.25) is 0 Å². The Morgan fingerprint density at radius 3 is 2.40 bits per heavy atom. The first-order valence-electron chi connectivity index (χ1n) is 13.3. The van der Waals surface area contributed by atoms with E-state index in [9.17, 15) is 0 Å². The highest BCUT2D eigenvalue weighted by Gasteiger charge is 2.44. The standard InChI is InChI=1S/C33H33NO/c1-33(20-22-9-10-23(19-22)21-33)25-13-17-27(18-14-25)34-26-15-11-24(12-16-26)28-6-4-7-30-29-5-2-3-8-31(29)35-32(28)30/h2-8,11-13,15-18,22-23,25,34H,9-10,14,19-21H2,1H3/t22-,23-,25?/m1/s1. The third-order valence-electron chi connectivity index (χ3n) is 9.04. The Morgan fingerprint density at radius 2 is 1.63 bits per heavy atom. The molecule has 0 aliphatic heterocycles. The van der Waals surface area contributed by atoms with Crippen LogP contribution in [0.4, 0.5) is 5.69 Å². The molecule has 3 aliphatic rings. The van der Waals surface area contributed by atoms with Crippen LogP contribution in [0.3, 0.4) is 0 Å². The fourth-order valence-corrected chi connectivity index (χ4v) is 7.36. The minimum Gasteiger partial charge on any atom is -0.455 e. The molecule has 3 aliphatic carbocycles. The van der Waals surface area contributed by atoms with Crippen LogP contribution < -0.4 is 5.32 Å². The van der Waals surface area contributed by atoms with E-state index >= 15 is 0 Å². The first-order chi connectivity index (χ1) is 17.1. The Labute approximate surface area is 207 Å². The number of para-hydroxylation sites is 2. The molecule has 3 atom stereocenters. The number of rotatable bonds is 4. The molecule has 2 nitrogen and oxygen atoms in total. The molecule has 0 radical (unpaired) electrons. The van der Waals surface area contributed by atoms with E-state index in [1.807, 2.05) is 12.1 Å². The molecule has 2 heteroatoms. The lowest BCUT2D eigenvalue weighted by Crippen LogP contribution is -2.33. The smallest absolute Gasteiger partial charge is 0.143 e. The zero-order valence-electron chi connectivity index (χ0n) is 20.5. The highest BCUT2D eigenvalue weighted by atomic mass is 16.3. The normalized spacial score (nSPS) is 27.9. The van der Waals surface area contributed by atoms with E-state index in [0.29, 0.717) is 11.3 Å². The van der Waals surface area contributed by atoms with Crippen molar-refractivity contribution >= 4 is 27.6 Å². The van der Waals surface area contributed by atoms with Gasteiger partial charge in [0.05, 0.1) is 0 Å². The van der Waals surface area contributed by atoms with Gasteiger partial charge in [0, 0.05) is 27.7 Å². The van der Waals surface area contributed by atoms with Crippen LogP contribution in [0.2, 0.25) is 0 Å². The van der Waals surface area contributed by atoms with Gasteiger partial charge in [0.2, 0.25) is 0 Å². The molecule has 2 saturated carbocycles. The summed E-state index contributed by atoms with van der Waals surface area (Å²) in [5, 5.41) is 5.98. The average molecular weight is 460 g/mol. The van der Waals surface area contributed by atoms with Gasteiger partial charge >= 0.3 is 0 Å². The van der Waals surface area contributed by atoms with E-state index in [0.717, 1.165) is 40.7 Å². The van der Waals surface area contributed by atoms with Crippen LogP contribution in [0.15, 0.2) is 95.1 Å². The molecule has 2 fully saturated rings. The van der Waals surface area contributed by atoms with Crippen molar-refractivity contribution in [2.45, 2.75) is 45.4 Å². The first-order valence-corrected chi connectivity index (χ1v) is 13.3. The Hall–Kier alpha value is -3.26. The Kier molecular flexibility index (Phi) is 4.91. The van der Waals surface area contributed by atoms with Crippen LogP contribution in [0.1, 0.15) is 45.4 Å². The molecule has 1 N–H and O–H groups in total. The molecule has 0 amide bonds. The van der Waals surface area contributed by atoms with Crippen molar-refractivity contribution in [3.8, 4) is 11.1 Å². The van der Waals surface area contributed by atoms with Crippen LogP contribution >= 0.6 is 0 Å². The number of nitrogens with one attached hydrogen (secondary N) is 1. The second-order valence-corrected chi connectivity index (χ2v) is 11.5. The van der Waals surface area contributed by atoms with Crippen LogP contribution in [0, 0.1) is 23.2 Å². The summed E-state index contributed by atoms with van der Waals surface area (Å²) in [6, 6.07) is 23.4. The molecule has 4 aromatic rings. The lowest BCUT2D eigenvalue weighted by molar-refractivity contribution is 0.101. The summed E-state index contributed by atoms with van der Waals surface area (Å²) in [5.41, 5.74) is 7.05. The van der Waals surface area contributed by atoms with E-state index in [1.54, 1.807) is 0 Å². The van der Waals surface area contributed by atoms with Crippen LogP contribution in [-0.4, -0.2) is 0 Å². The first kappa shape index (κ1) is 21.1. The molecule has 1 aromatic heterocycles. The van der Waals surface area contributed by atoms with Crippen molar-refractivity contribution in [1.82, 2.24) is 0 Å². The highest BCUT2D eigenvalue weighted by Crippen LogP contribution is 2.55. The lowest BCUT2D eigenvalue weighted by atomic mass is 9.62.